The van der Waals surface area contributed by atoms with Gasteiger partial charge in [-0.1, -0.05) is 12.1 Å². The van der Waals surface area contributed by atoms with Gasteiger partial charge in [0, 0.05) is 30.6 Å². The Labute approximate surface area is 146 Å². The van der Waals surface area contributed by atoms with Gasteiger partial charge in [-0.15, -0.1) is 0 Å². The highest BCUT2D eigenvalue weighted by Gasteiger charge is 2.17. The Kier molecular flexibility index (Phi) is 4.43. The van der Waals surface area contributed by atoms with E-state index in [-0.39, 0.29) is 6.10 Å². The van der Waals surface area contributed by atoms with Crippen LogP contribution in [-0.4, -0.2) is 34.3 Å². The lowest BCUT2D eigenvalue weighted by molar-refractivity contribution is 0.138. The summed E-state index contributed by atoms with van der Waals surface area (Å²) < 4.78 is 11.2. The monoisotopic (exact) mass is 336 g/mol. The Morgan fingerprint density at radius 1 is 1.24 bits per heavy atom. The largest absolute Gasteiger partial charge is 0.472 e. The Morgan fingerprint density at radius 3 is 3.08 bits per heavy atom. The third kappa shape index (κ3) is 3.53. The molecule has 0 radical (unpaired) electrons. The molecular formula is C19H20N4O2. The summed E-state index contributed by atoms with van der Waals surface area (Å²) in [6.07, 6.45) is 4.38. The molecule has 1 unspecified atom stereocenters. The smallest absolute Gasteiger partial charge is 0.213 e. The molecular weight excluding hydrogens is 316 g/mol. The summed E-state index contributed by atoms with van der Waals surface area (Å²) >= 11 is 0. The zero-order chi connectivity index (χ0) is 17.1. The number of aryl methyl sites for hydroxylation is 1. The minimum atomic E-state index is 0.101. The van der Waals surface area contributed by atoms with Crippen molar-refractivity contribution in [3.63, 3.8) is 0 Å². The molecule has 0 spiro atoms. The Morgan fingerprint density at radius 2 is 2.20 bits per heavy atom. The molecule has 0 amide bonds. The van der Waals surface area contributed by atoms with Crippen molar-refractivity contribution < 1.29 is 9.47 Å². The molecule has 2 aromatic heterocycles. The quantitative estimate of drug-likeness (QED) is 0.772. The number of pyridine rings is 1. The standard InChI is InChI=1S/C19H20N4O2/c1-13-3-2-4-16-18(13)22-12-23-19(16)21-10-14-5-7-20-17(9-14)25-15-6-8-24-11-15/h2-5,7,9,12,15H,6,8,10-11H2,1H3,(H,21,22,23). The van der Waals surface area contributed by atoms with Crippen LogP contribution in [0.3, 0.4) is 0 Å². The Balaban J connectivity index is 1.49. The number of aromatic nitrogens is 3. The van der Waals surface area contributed by atoms with Crippen LogP contribution in [0.2, 0.25) is 0 Å². The second-order valence-corrected chi connectivity index (χ2v) is 6.15. The van der Waals surface area contributed by atoms with Gasteiger partial charge in [-0.3, -0.25) is 0 Å². The summed E-state index contributed by atoms with van der Waals surface area (Å²) in [7, 11) is 0. The first-order valence-corrected chi connectivity index (χ1v) is 8.43. The van der Waals surface area contributed by atoms with E-state index in [1.165, 1.54) is 0 Å². The molecule has 0 saturated carbocycles. The molecule has 1 aromatic carbocycles. The van der Waals surface area contributed by atoms with Crippen LogP contribution < -0.4 is 10.1 Å². The molecule has 3 heterocycles. The van der Waals surface area contributed by atoms with Crippen molar-refractivity contribution in [1.82, 2.24) is 15.0 Å². The van der Waals surface area contributed by atoms with Gasteiger partial charge in [-0.05, 0) is 30.2 Å². The summed E-state index contributed by atoms with van der Waals surface area (Å²) in [5, 5.41) is 4.42. The fourth-order valence-electron chi connectivity index (χ4n) is 2.96. The summed E-state index contributed by atoms with van der Waals surface area (Å²) in [6.45, 7) is 4.08. The second kappa shape index (κ2) is 7.03. The lowest BCUT2D eigenvalue weighted by Gasteiger charge is -2.12. The van der Waals surface area contributed by atoms with Crippen LogP contribution >= 0.6 is 0 Å². The molecule has 1 aliphatic rings. The molecule has 3 aromatic rings. The van der Waals surface area contributed by atoms with Crippen molar-refractivity contribution in [3.8, 4) is 5.88 Å². The summed E-state index contributed by atoms with van der Waals surface area (Å²) in [5.74, 6) is 1.47. The predicted molar refractivity (Wildman–Crippen MR) is 95.7 cm³/mol. The number of nitrogens with one attached hydrogen (secondary N) is 1. The molecule has 4 rings (SSSR count). The maximum absolute atomic E-state index is 5.86. The van der Waals surface area contributed by atoms with Crippen LogP contribution in [0.25, 0.3) is 10.9 Å². The first kappa shape index (κ1) is 15.8. The third-order valence-corrected chi connectivity index (χ3v) is 4.30. The topological polar surface area (TPSA) is 69.2 Å². The first-order chi connectivity index (χ1) is 12.3. The molecule has 0 bridgehead atoms. The SMILES string of the molecule is Cc1cccc2c(NCc3ccnc(OC4CCOC4)c3)ncnc12. The number of rotatable bonds is 5. The van der Waals surface area contributed by atoms with E-state index in [0.717, 1.165) is 40.9 Å². The first-order valence-electron chi connectivity index (χ1n) is 8.43. The Hall–Kier alpha value is -2.73. The van der Waals surface area contributed by atoms with E-state index in [0.29, 0.717) is 19.0 Å². The number of hydrogen-bond acceptors (Lipinski definition) is 6. The highest BCUT2D eigenvalue weighted by molar-refractivity contribution is 5.90. The number of fused-ring (bicyclic) bond motifs is 1. The molecule has 0 aliphatic carbocycles. The lowest BCUT2D eigenvalue weighted by atomic mass is 10.1. The van der Waals surface area contributed by atoms with Crippen molar-refractivity contribution in [1.29, 1.82) is 0 Å². The van der Waals surface area contributed by atoms with Crippen LogP contribution in [0, 0.1) is 6.92 Å². The number of benzene rings is 1. The molecule has 1 saturated heterocycles. The van der Waals surface area contributed by atoms with Gasteiger partial charge in [-0.2, -0.15) is 0 Å². The van der Waals surface area contributed by atoms with E-state index in [4.69, 9.17) is 9.47 Å². The van der Waals surface area contributed by atoms with Gasteiger partial charge >= 0.3 is 0 Å². The van der Waals surface area contributed by atoms with Crippen LogP contribution in [0.4, 0.5) is 5.82 Å². The number of hydrogen-bond donors (Lipinski definition) is 1. The number of nitrogens with zero attached hydrogens (tertiary/aromatic N) is 3. The Bertz CT molecular complexity index is 878. The van der Waals surface area contributed by atoms with Gasteiger partial charge in [0.2, 0.25) is 5.88 Å². The summed E-state index contributed by atoms with van der Waals surface area (Å²) in [5.41, 5.74) is 3.20. The normalized spacial score (nSPS) is 16.9. The third-order valence-electron chi connectivity index (χ3n) is 4.30. The van der Waals surface area contributed by atoms with Gasteiger partial charge < -0.3 is 14.8 Å². The fraction of sp³-hybridized carbons (Fsp3) is 0.316. The van der Waals surface area contributed by atoms with Crippen molar-refractivity contribution in [2.24, 2.45) is 0 Å². The molecule has 1 atom stereocenters. The van der Waals surface area contributed by atoms with E-state index >= 15 is 0 Å². The molecule has 25 heavy (non-hydrogen) atoms. The summed E-state index contributed by atoms with van der Waals surface area (Å²) in [6, 6.07) is 10.0. The predicted octanol–water partition coefficient (Wildman–Crippen LogP) is 3.11. The van der Waals surface area contributed by atoms with Gasteiger partial charge in [-0.25, -0.2) is 15.0 Å². The number of anilines is 1. The van der Waals surface area contributed by atoms with Crippen molar-refractivity contribution in [2.75, 3.05) is 18.5 Å². The number of ether oxygens (including phenoxy) is 2. The maximum Gasteiger partial charge on any atom is 0.213 e. The molecule has 1 fully saturated rings. The van der Waals surface area contributed by atoms with Gasteiger partial charge in [0.1, 0.15) is 18.2 Å². The summed E-state index contributed by atoms with van der Waals surface area (Å²) in [4.78, 5) is 13.0. The maximum atomic E-state index is 5.86. The average Bonchev–Trinajstić information content (AvgIpc) is 3.14. The van der Waals surface area contributed by atoms with E-state index in [9.17, 15) is 0 Å². The van der Waals surface area contributed by atoms with Crippen LogP contribution in [0.15, 0.2) is 42.9 Å². The molecule has 6 heteroatoms. The van der Waals surface area contributed by atoms with Crippen molar-refractivity contribution >= 4 is 16.7 Å². The molecule has 6 nitrogen and oxygen atoms in total. The van der Waals surface area contributed by atoms with Gasteiger partial charge in [0.05, 0.1) is 18.7 Å². The zero-order valence-electron chi connectivity index (χ0n) is 14.1. The molecule has 1 N–H and O–H groups in total. The van der Waals surface area contributed by atoms with E-state index < -0.39 is 0 Å². The van der Waals surface area contributed by atoms with E-state index in [1.54, 1.807) is 12.5 Å². The fourth-order valence-corrected chi connectivity index (χ4v) is 2.96. The van der Waals surface area contributed by atoms with Gasteiger partial charge in [0.25, 0.3) is 0 Å². The lowest BCUT2D eigenvalue weighted by Crippen LogP contribution is -2.16. The highest BCUT2D eigenvalue weighted by Crippen LogP contribution is 2.22. The molecule has 128 valence electrons. The average molecular weight is 336 g/mol. The zero-order valence-corrected chi connectivity index (χ0v) is 14.1. The van der Waals surface area contributed by atoms with E-state index in [2.05, 4.69) is 33.3 Å². The second-order valence-electron chi connectivity index (χ2n) is 6.15. The minimum Gasteiger partial charge on any atom is -0.472 e. The molecule has 1 aliphatic heterocycles. The van der Waals surface area contributed by atoms with Crippen LogP contribution in [0.1, 0.15) is 17.5 Å². The highest BCUT2D eigenvalue weighted by atomic mass is 16.5. The van der Waals surface area contributed by atoms with Crippen molar-refractivity contribution in [2.45, 2.75) is 26.0 Å². The van der Waals surface area contributed by atoms with Crippen LogP contribution in [-0.2, 0) is 11.3 Å². The van der Waals surface area contributed by atoms with Gasteiger partial charge in [0.15, 0.2) is 0 Å². The number of para-hydroxylation sites is 1. The van der Waals surface area contributed by atoms with E-state index in [1.807, 2.05) is 24.3 Å². The minimum absolute atomic E-state index is 0.101. The van der Waals surface area contributed by atoms with Crippen LogP contribution in [0.5, 0.6) is 5.88 Å². The van der Waals surface area contributed by atoms with Crippen molar-refractivity contribution in [3.05, 3.63) is 54.0 Å².